The van der Waals surface area contributed by atoms with Crippen LogP contribution in [-0.2, 0) is 33.5 Å². The van der Waals surface area contributed by atoms with Crippen molar-refractivity contribution in [3.8, 4) is 0 Å². The normalized spacial score (nSPS) is 12.1. The summed E-state index contributed by atoms with van der Waals surface area (Å²) >= 11 is 0. The number of anilines is 8. The van der Waals surface area contributed by atoms with Gasteiger partial charge in [-0.05, 0) is 62.6 Å². The van der Waals surface area contributed by atoms with Gasteiger partial charge < -0.3 is 74.6 Å². The molecule has 0 spiro atoms. The number of rotatable bonds is 34. The molecular weight excluding hydrogens is 993 g/mol. The number of nitrogens with zero attached hydrogens (tertiary/aromatic N) is 9. The number of hydrogen-bond donors (Lipinski definition) is 11. The Kier molecular flexibility index (Phi) is 23.5. The Morgan fingerprint density at radius 3 is 1.24 bits per heavy atom. The maximum atomic E-state index is 12.8. The Labute approximate surface area is 413 Å². The summed E-state index contributed by atoms with van der Waals surface area (Å²) in [6.45, 7) is 5.37. The molecule has 0 aliphatic carbocycles. The molecular formula is C41H64N12O15S2Si. The van der Waals surface area contributed by atoms with E-state index in [-0.39, 0.29) is 137 Å². The third-order valence-electron chi connectivity index (χ3n) is 9.88. The van der Waals surface area contributed by atoms with Crippen molar-refractivity contribution in [3.63, 3.8) is 0 Å². The van der Waals surface area contributed by atoms with Gasteiger partial charge in [0.25, 0.3) is 20.2 Å². The Morgan fingerprint density at radius 1 is 0.535 bits per heavy atom. The summed E-state index contributed by atoms with van der Waals surface area (Å²) in [5.74, 6) is -0.104. The van der Waals surface area contributed by atoms with Crippen LogP contribution in [0.15, 0.2) is 46.2 Å². The van der Waals surface area contributed by atoms with Crippen molar-refractivity contribution < 1.29 is 69.9 Å². The fraction of sp³-hybridized carbons (Fsp3) is 0.512. The van der Waals surface area contributed by atoms with Gasteiger partial charge in [-0.1, -0.05) is 24.3 Å². The van der Waals surface area contributed by atoms with E-state index in [4.69, 9.17) is 13.3 Å². The molecule has 0 radical (unpaired) electrons. The van der Waals surface area contributed by atoms with Crippen molar-refractivity contribution in [1.29, 1.82) is 0 Å². The smallest absolute Gasteiger partial charge is 0.395 e. The summed E-state index contributed by atoms with van der Waals surface area (Å²) in [6.07, 6.45) is 2.93. The molecule has 2 aromatic carbocycles. The average molecular weight is 1060 g/mol. The predicted molar refractivity (Wildman–Crippen MR) is 265 cm³/mol. The number of aromatic nitrogens is 6. The first-order valence-electron chi connectivity index (χ1n) is 22.5. The van der Waals surface area contributed by atoms with Gasteiger partial charge in [0.15, 0.2) is 0 Å². The maximum absolute atomic E-state index is 12.8. The molecule has 0 atom stereocenters. The van der Waals surface area contributed by atoms with E-state index in [0.29, 0.717) is 38.8 Å². The van der Waals surface area contributed by atoms with Crippen LogP contribution in [0, 0.1) is 0 Å². The molecule has 27 nitrogen and oxygen atoms in total. The van der Waals surface area contributed by atoms with Gasteiger partial charge in [0.1, 0.15) is 9.79 Å². The Bertz CT molecular complexity index is 2490. The first-order valence-corrected chi connectivity index (χ1v) is 27.3. The lowest BCUT2D eigenvalue weighted by Gasteiger charge is -2.28. The van der Waals surface area contributed by atoms with Gasteiger partial charge in [-0.2, -0.15) is 46.7 Å². The van der Waals surface area contributed by atoms with Gasteiger partial charge in [-0.25, -0.2) is 0 Å². The third kappa shape index (κ3) is 17.7. The van der Waals surface area contributed by atoms with E-state index in [1.54, 1.807) is 0 Å². The largest absolute Gasteiger partial charge is 0.500 e. The van der Waals surface area contributed by atoms with Crippen LogP contribution in [0.3, 0.4) is 0 Å². The molecule has 394 valence electrons. The first kappa shape index (κ1) is 58.2. The number of aliphatic hydroxyl groups is 6. The molecule has 4 rings (SSSR count). The van der Waals surface area contributed by atoms with Crippen molar-refractivity contribution in [3.05, 3.63) is 47.5 Å². The SMILES string of the molecule is CCO[Si](CCCNc1nc(Nc2ccc(/C=C/c3ccc(Nc4nc(N(CCO)CCO)nc(N(CCO)CCO)n4)cc3S(=O)(=O)O)c(S(=O)(=O)O)c2)nc(N(CCO)CCO)n1)(OCC)OCC. The molecule has 0 saturated heterocycles. The predicted octanol–water partition coefficient (Wildman–Crippen LogP) is 0.431. The summed E-state index contributed by atoms with van der Waals surface area (Å²) in [5.41, 5.74) is -0.0794. The Hall–Kier alpha value is -5.32. The maximum Gasteiger partial charge on any atom is 0.500 e. The van der Waals surface area contributed by atoms with E-state index < -0.39 is 38.8 Å². The van der Waals surface area contributed by atoms with Crippen LogP contribution in [0.1, 0.15) is 38.3 Å². The van der Waals surface area contributed by atoms with Crippen LogP contribution in [0.25, 0.3) is 12.2 Å². The van der Waals surface area contributed by atoms with Crippen LogP contribution in [0.4, 0.5) is 47.1 Å². The second-order valence-corrected chi connectivity index (χ2v) is 20.4. The number of hydrogen-bond acceptors (Lipinski definition) is 25. The molecule has 0 unspecified atom stereocenters. The molecule has 0 aliphatic rings. The van der Waals surface area contributed by atoms with Crippen molar-refractivity contribution in [2.24, 2.45) is 0 Å². The summed E-state index contributed by atoms with van der Waals surface area (Å²) in [5, 5.41) is 66.9. The average Bonchev–Trinajstić information content (AvgIpc) is 3.32. The zero-order valence-electron chi connectivity index (χ0n) is 39.6. The molecule has 2 aromatic heterocycles. The van der Waals surface area contributed by atoms with Gasteiger partial charge in [0.2, 0.25) is 35.7 Å². The van der Waals surface area contributed by atoms with Crippen LogP contribution in [-0.4, -0.2) is 201 Å². The lowest BCUT2D eigenvalue weighted by atomic mass is 10.1. The molecule has 4 aromatic rings. The lowest BCUT2D eigenvalue weighted by Crippen LogP contribution is -2.46. The third-order valence-corrected chi connectivity index (χ3v) is 14.8. The molecule has 0 amide bonds. The highest BCUT2D eigenvalue weighted by Gasteiger charge is 2.39. The highest BCUT2D eigenvalue weighted by molar-refractivity contribution is 7.86. The summed E-state index contributed by atoms with van der Waals surface area (Å²) in [6, 6.07) is 8.06. The summed E-state index contributed by atoms with van der Waals surface area (Å²) in [4.78, 5) is 29.6. The van der Waals surface area contributed by atoms with Crippen LogP contribution in [0.5, 0.6) is 0 Å². The molecule has 0 aliphatic heterocycles. The quantitative estimate of drug-likeness (QED) is 0.0131. The molecule has 0 bridgehead atoms. The number of aliphatic hydroxyl groups excluding tert-OH is 6. The standard InChI is InChI=1S/C41H64N12O15S2Si/c1-4-66-71(67-5-2,68-6-3)27-7-14-42-36-45-37(47-39(46-36)51(15-21-54)16-22-55)43-32-12-10-30(34(28-32)69(60,61)62)8-9-31-11-13-33(29-35(31)70(63,64)65)44-38-48-40(52(17-23-56)18-24-57)50-41(49-38)53(19-25-58)20-26-59/h8-13,28-29,54-59H,4-7,14-27H2,1-3H3,(H,60,61,62)(H,63,64,65)(H,44,48,49,50)(H2,42,43,45,46,47)/b9-8+. The Balaban J connectivity index is 1.68. The molecule has 71 heavy (non-hydrogen) atoms. The van der Waals surface area contributed by atoms with Gasteiger partial charge in [-0.15, -0.1) is 0 Å². The molecule has 11 N–H and O–H groups in total. The highest BCUT2D eigenvalue weighted by Crippen LogP contribution is 2.29. The fourth-order valence-corrected chi connectivity index (χ4v) is 10.9. The molecule has 0 saturated carbocycles. The number of nitrogens with one attached hydrogen (secondary N) is 3. The lowest BCUT2D eigenvalue weighted by molar-refractivity contribution is 0.0710. The first-order chi connectivity index (χ1) is 34.0. The van der Waals surface area contributed by atoms with Crippen LogP contribution >= 0.6 is 0 Å². The summed E-state index contributed by atoms with van der Waals surface area (Å²) in [7, 11) is -12.9. The van der Waals surface area contributed by atoms with Crippen molar-refractivity contribution in [2.75, 3.05) is 136 Å². The van der Waals surface area contributed by atoms with E-state index in [1.165, 1.54) is 51.1 Å². The monoisotopic (exact) mass is 1060 g/mol. The zero-order valence-corrected chi connectivity index (χ0v) is 42.3. The van der Waals surface area contributed by atoms with Gasteiger partial charge in [-0.3, -0.25) is 9.11 Å². The number of benzene rings is 2. The van der Waals surface area contributed by atoms with Crippen molar-refractivity contribution >= 4 is 88.3 Å². The second kappa shape index (κ2) is 28.6. The van der Waals surface area contributed by atoms with Gasteiger partial charge in [0, 0.05) is 83.1 Å². The molecule has 2 heterocycles. The van der Waals surface area contributed by atoms with Crippen LogP contribution in [0.2, 0.25) is 6.04 Å². The minimum Gasteiger partial charge on any atom is -0.395 e. The van der Waals surface area contributed by atoms with Gasteiger partial charge in [0.05, 0.1) is 39.6 Å². The van der Waals surface area contributed by atoms with Crippen LogP contribution < -0.4 is 30.7 Å². The van der Waals surface area contributed by atoms with E-state index in [2.05, 4.69) is 45.9 Å². The minimum absolute atomic E-state index is 0.00993. The minimum atomic E-state index is -4.97. The highest BCUT2D eigenvalue weighted by atomic mass is 32.2. The fourth-order valence-electron chi connectivity index (χ4n) is 6.88. The van der Waals surface area contributed by atoms with E-state index in [9.17, 15) is 56.6 Å². The molecule has 30 heteroatoms. The van der Waals surface area contributed by atoms with E-state index in [0.717, 1.165) is 12.1 Å². The topological polar surface area (TPSA) is 381 Å². The Morgan fingerprint density at radius 2 is 0.887 bits per heavy atom. The zero-order chi connectivity index (χ0) is 52.0. The summed E-state index contributed by atoms with van der Waals surface area (Å²) < 4.78 is 89.7. The van der Waals surface area contributed by atoms with E-state index >= 15 is 0 Å². The van der Waals surface area contributed by atoms with Gasteiger partial charge >= 0.3 is 8.80 Å². The second-order valence-electron chi connectivity index (χ2n) is 14.9. The van der Waals surface area contributed by atoms with Crippen molar-refractivity contribution in [1.82, 2.24) is 29.9 Å². The van der Waals surface area contributed by atoms with Crippen molar-refractivity contribution in [2.45, 2.75) is 43.0 Å². The van der Waals surface area contributed by atoms with E-state index in [1.807, 2.05) is 20.8 Å². The molecule has 0 fully saturated rings.